The predicted molar refractivity (Wildman–Crippen MR) is 47.6 cm³/mol. The molecule has 0 aromatic rings. The number of rotatable bonds is 0. The molecular weight excluding hydrogens is 136 g/mol. The molecule has 0 amide bonds. The predicted octanol–water partition coefficient (Wildman–Crippen LogP) is 2.32. The molecule has 0 aromatic heterocycles. The van der Waals surface area contributed by atoms with Crippen molar-refractivity contribution in [3.8, 4) is 0 Å². The molecule has 0 unspecified atom stereocenters. The second kappa shape index (κ2) is 2.46. The van der Waals surface area contributed by atoms with Gasteiger partial charge in [-0.3, -0.25) is 10.8 Å². The van der Waals surface area contributed by atoms with Crippen molar-refractivity contribution in [2.24, 2.45) is 0 Å². The highest BCUT2D eigenvalue weighted by Gasteiger charge is 2.14. The lowest BCUT2D eigenvalue weighted by atomic mass is 9.91. The van der Waals surface area contributed by atoms with Gasteiger partial charge in [-0.05, 0) is 43.6 Å². The van der Waals surface area contributed by atoms with Gasteiger partial charge < -0.3 is 0 Å². The first-order valence-corrected chi connectivity index (χ1v) is 3.58. The maximum atomic E-state index is 7.49. The molecule has 0 radical (unpaired) electrons. The zero-order chi connectivity index (χ0) is 8.59. The summed E-state index contributed by atoms with van der Waals surface area (Å²) in [4.78, 5) is 0. The minimum atomic E-state index is 0.325. The highest BCUT2D eigenvalue weighted by Crippen LogP contribution is 2.19. The summed E-state index contributed by atoms with van der Waals surface area (Å²) in [6.45, 7) is 5.85. The third-order valence-corrected chi connectivity index (χ3v) is 2.16. The van der Waals surface area contributed by atoms with Crippen molar-refractivity contribution in [3.63, 3.8) is 0 Å². The largest absolute Gasteiger partial charge is 0.299 e. The fraction of sp³-hybridized carbons (Fsp3) is 0.333. The minimum Gasteiger partial charge on any atom is -0.299 e. The van der Waals surface area contributed by atoms with E-state index in [9.17, 15) is 0 Å². The van der Waals surface area contributed by atoms with Crippen LogP contribution in [0.1, 0.15) is 20.8 Å². The topological polar surface area (TPSA) is 47.7 Å². The molecule has 0 saturated heterocycles. The normalized spacial score (nSPS) is 19.0. The van der Waals surface area contributed by atoms with Gasteiger partial charge in [-0.2, -0.15) is 0 Å². The molecule has 0 aromatic carbocycles. The Morgan fingerprint density at radius 2 is 1.55 bits per heavy atom. The van der Waals surface area contributed by atoms with Crippen molar-refractivity contribution in [1.82, 2.24) is 0 Å². The average Bonchev–Trinajstić information content (AvgIpc) is 1.97. The highest BCUT2D eigenvalue weighted by atomic mass is 14.5. The summed E-state index contributed by atoms with van der Waals surface area (Å²) in [7, 11) is 0. The zero-order valence-corrected chi connectivity index (χ0v) is 7.08. The van der Waals surface area contributed by atoms with Gasteiger partial charge in [0.1, 0.15) is 0 Å². The number of allylic oxidation sites excluding steroid dienone is 4. The number of hydrogen-bond acceptors (Lipinski definition) is 2. The summed E-state index contributed by atoms with van der Waals surface area (Å²) in [6, 6.07) is 0. The van der Waals surface area contributed by atoms with Gasteiger partial charge in [-0.1, -0.05) is 0 Å². The van der Waals surface area contributed by atoms with Crippen LogP contribution in [0.25, 0.3) is 0 Å². The Labute approximate surface area is 66.6 Å². The van der Waals surface area contributed by atoms with Gasteiger partial charge in [-0.15, -0.1) is 0 Å². The highest BCUT2D eigenvalue weighted by molar-refractivity contribution is 6.50. The third-order valence-electron chi connectivity index (χ3n) is 2.16. The maximum absolute atomic E-state index is 7.49. The summed E-state index contributed by atoms with van der Waals surface area (Å²) in [5.41, 5.74) is 3.84. The number of hydrogen-bond donors (Lipinski definition) is 2. The lowest BCUT2D eigenvalue weighted by molar-refractivity contribution is 1.27. The molecule has 0 bridgehead atoms. The molecule has 2 nitrogen and oxygen atoms in total. The summed E-state index contributed by atoms with van der Waals surface area (Å²) < 4.78 is 0. The number of nitrogens with one attached hydrogen (secondary N) is 2. The molecule has 0 saturated carbocycles. The average molecular weight is 148 g/mol. The van der Waals surface area contributed by atoms with Crippen LogP contribution in [0.4, 0.5) is 0 Å². The van der Waals surface area contributed by atoms with E-state index < -0.39 is 0 Å². The lowest BCUT2D eigenvalue weighted by Crippen LogP contribution is -2.16. The van der Waals surface area contributed by atoms with Crippen LogP contribution in [0.2, 0.25) is 0 Å². The molecule has 1 aliphatic rings. The van der Waals surface area contributed by atoms with Crippen LogP contribution in [-0.4, -0.2) is 11.4 Å². The molecule has 0 aliphatic heterocycles. The Balaban J connectivity index is 3.22. The summed E-state index contributed by atoms with van der Waals surface area (Å²) in [5.74, 6) is 0. The van der Waals surface area contributed by atoms with E-state index in [1.807, 2.05) is 20.8 Å². The van der Waals surface area contributed by atoms with Crippen molar-refractivity contribution < 1.29 is 0 Å². The van der Waals surface area contributed by atoms with E-state index in [0.717, 1.165) is 16.7 Å². The van der Waals surface area contributed by atoms with Crippen LogP contribution in [0.5, 0.6) is 0 Å². The second-order valence-corrected chi connectivity index (χ2v) is 2.87. The smallest absolute Gasteiger partial charge is 0.0821 e. The molecule has 0 spiro atoms. The Morgan fingerprint density at radius 3 is 2.09 bits per heavy atom. The summed E-state index contributed by atoms with van der Waals surface area (Å²) in [6.07, 6.45) is 1.74. The van der Waals surface area contributed by atoms with Crippen molar-refractivity contribution in [1.29, 1.82) is 10.8 Å². The fourth-order valence-electron chi connectivity index (χ4n) is 1.08. The Hall–Kier alpha value is -1.18. The molecule has 0 fully saturated rings. The first-order valence-electron chi connectivity index (χ1n) is 3.58. The first kappa shape index (κ1) is 7.92. The van der Waals surface area contributed by atoms with Crippen molar-refractivity contribution in [2.45, 2.75) is 20.8 Å². The van der Waals surface area contributed by atoms with E-state index in [-0.39, 0.29) is 0 Å². The molecule has 58 valence electrons. The quantitative estimate of drug-likeness (QED) is 0.495. The van der Waals surface area contributed by atoms with Gasteiger partial charge in [-0.25, -0.2) is 0 Å². The van der Waals surface area contributed by atoms with Crippen LogP contribution in [-0.2, 0) is 0 Å². The van der Waals surface area contributed by atoms with Crippen molar-refractivity contribution >= 4 is 11.4 Å². The minimum absolute atomic E-state index is 0.325. The SMILES string of the molecule is CC1=CC(=N)C(=N)C(C)=C1C. The van der Waals surface area contributed by atoms with E-state index in [1.54, 1.807) is 6.08 Å². The molecule has 2 heteroatoms. The molecule has 0 atom stereocenters. The van der Waals surface area contributed by atoms with E-state index in [0.29, 0.717) is 11.4 Å². The van der Waals surface area contributed by atoms with Gasteiger partial charge in [0.15, 0.2) is 0 Å². The molecule has 1 rings (SSSR count). The summed E-state index contributed by atoms with van der Waals surface area (Å²) >= 11 is 0. The van der Waals surface area contributed by atoms with Gasteiger partial charge in [0.25, 0.3) is 0 Å². The zero-order valence-electron chi connectivity index (χ0n) is 7.08. The first-order chi connectivity index (χ1) is 5.04. The Kier molecular flexibility index (Phi) is 1.77. The van der Waals surface area contributed by atoms with E-state index in [1.165, 1.54) is 0 Å². The van der Waals surface area contributed by atoms with Crippen LogP contribution in [0.15, 0.2) is 22.8 Å². The van der Waals surface area contributed by atoms with Crippen LogP contribution in [0, 0.1) is 10.8 Å². The Morgan fingerprint density at radius 1 is 1.00 bits per heavy atom. The lowest BCUT2D eigenvalue weighted by Gasteiger charge is -2.14. The van der Waals surface area contributed by atoms with Crippen LogP contribution >= 0.6 is 0 Å². The van der Waals surface area contributed by atoms with Gasteiger partial charge in [0, 0.05) is 0 Å². The summed E-state index contributed by atoms with van der Waals surface area (Å²) in [5, 5.41) is 14.9. The van der Waals surface area contributed by atoms with Gasteiger partial charge in [0.2, 0.25) is 0 Å². The van der Waals surface area contributed by atoms with Crippen LogP contribution < -0.4 is 0 Å². The van der Waals surface area contributed by atoms with E-state index in [4.69, 9.17) is 10.8 Å². The van der Waals surface area contributed by atoms with E-state index in [2.05, 4.69) is 0 Å². The standard InChI is InChI=1S/C9H12N2/c1-5-4-8(10)9(11)7(3)6(5)2/h4,10-11H,1-3H3. The monoisotopic (exact) mass is 148 g/mol. The van der Waals surface area contributed by atoms with Crippen molar-refractivity contribution in [3.05, 3.63) is 22.8 Å². The van der Waals surface area contributed by atoms with Crippen LogP contribution in [0.3, 0.4) is 0 Å². The molecule has 11 heavy (non-hydrogen) atoms. The molecule has 0 heterocycles. The molecule has 1 aliphatic carbocycles. The van der Waals surface area contributed by atoms with E-state index >= 15 is 0 Å². The van der Waals surface area contributed by atoms with Crippen molar-refractivity contribution in [2.75, 3.05) is 0 Å². The molecule has 2 N–H and O–H groups in total. The Bertz CT molecular complexity index is 293. The van der Waals surface area contributed by atoms with Gasteiger partial charge >= 0.3 is 0 Å². The second-order valence-electron chi connectivity index (χ2n) is 2.87. The third kappa shape index (κ3) is 1.16. The molecular formula is C9H12N2. The fourth-order valence-corrected chi connectivity index (χ4v) is 1.08. The maximum Gasteiger partial charge on any atom is 0.0821 e. The van der Waals surface area contributed by atoms with Gasteiger partial charge in [0.05, 0.1) is 11.4 Å².